The smallest absolute Gasteiger partial charge is 0.335 e. The minimum absolute atomic E-state index is 0.256. The Morgan fingerprint density at radius 2 is 1.65 bits per heavy atom. The lowest BCUT2D eigenvalue weighted by atomic mass is 10.2. The zero-order chi connectivity index (χ0) is 13.9. The SMILES string of the molecule is O=C(O)c1ccc(Sc2nnc3ccccc3n2)cc1. The summed E-state index contributed by atoms with van der Waals surface area (Å²) in [7, 11) is 0. The third-order valence-corrected chi connectivity index (χ3v) is 3.51. The van der Waals surface area contributed by atoms with Crippen LogP contribution in [0.1, 0.15) is 10.4 Å². The molecule has 0 atom stereocenters. The van der Waals surface area contributed by atoms with Gasteiger partial charge in [-0.05, 0) is 48.2 Å². The Hall–Kier alpha value is -2.47. The molecule has 5 nitrogen and oxygen atoms in total. The second-order valence-electron chi connectivity index (χ2n) is 4.01. The van der Waals surface area contributed by atoms with Gasteiger partial charge in [-0.15, -0.1) is 10.2 Å². The Bertz CT molecular complexity index is 775. The van der Waals surface area contributed by atoms with Crippen molar-refractivity contribution in [2.24, 2.45) is 0 Å². The van der Waals surface area contributed by atoms with Crippen LogP contribution in [0.15, 0.2) is 58.6 Å². The molecule has 0 aliphatic heterocycles. The third kappa shape index (κ3) is 2.60. The first-order valence-corrected chi connectivity index (χ1v) is 6.65. The number of carbonyl (C=O) groups is 1. The van der Waals surface area contributed by atoms with Crippen molar-refractivity contribution < 1.29 is 9.90 Å². The van der Waals surface area contributed by atoms with Gasteiger partial charge in [-0.25, -0.2) is 9.78 Å². The van der Waals surface area contributed by atoms with Crippen LogP contribution in [-0.2, 0) is 0 Å². The average Bonchev–Trinajstić information content (AvgIpc) is 2.48. The van der Waals surface area contributed by atoms with Crippen molar-refractivity contribution >= 4 is 28.8 Å². The molecular formula is C14H9N3O2S. The van der Waals surface area contributed by atoms with E-state index in [2.05, 4.69) is 15.2 Å². The van der Waals surface area contributed by atoms with Crippen LogP contribution in [0.25, 0.3) is 11.0 Å². The van der Waals surface area contributed by atoms with Gasteiger partial charge in [0.1, 0.15) is 5.52 Å². The van der Waals surface area contributed by atoms with Gasteiger partial charge in [0.25, 0.3) is 0 Å². The van der Waals surface area contributed by atoms with Gasteiger partial charge in [-0.1, -0.05) is 12.1 Å². The highest BCUT2D eigenvalue weighted by Gasteiger charge is 2.06. The van der Waals surface area contributed by atoms with Gasteiger partial charge in [0, 0.05) is 4.90 Å². The van der Waals surface area contributed by atoms with Crippen molar-refractivity contribution in [3.8, 4) is 0 Å². The minimum Gasteiger partial charge on any atom is -0.478 e. The second kappa shape index (κ2) is 5.26. The summed E-state index contributed by atoms with van der Waals surface area (Å²) in [5.41, 5.74) is 1.79. The molecule has 0 unspecified atom stereocenters. The van der Waals surface area contributed by atoms with Gasteiger partial charge in [-0.3, -0.25) is 0 Å². The first-order valence-electron chi connectivity index (χ1n) is 5.83. The highest BCUT2D eigenvalue weighted by atomic mass is 32.2. The summed E-state index contributed by atoms with van der Waals surface area (Å²) in [5, 5.41) is 17.5. The summed E-state index contributed by atoms with van der Waals surface area (Å²) >= 11 is 1.35. The average molecular weight is 283 g/mol. The topological polar surface area (TPSA) is 76.0 Å². The summed E-state index contributed by atoms with van der Waals surface area (Å²) in [4.78, 5) is 16.0. The molecule has 6 heteroatoms. The van der Waals surface area contributed by atoms with Gasteiger partial charge in [-0.2, -0.15) is 0 Å². The fourth-order valence-electron chi connectivity index (χ4n) is 1.68. The van der Waals surface area contributed by atoms with Crippen molar-refractivity contribution in [2.45, 2.75) is 10.1 Å². The molecule has 2 aromatic carbocycles. The monoisotopic (exact) mass is 283 g/mol. The molecule has 0 spiro atoms. The molecule has 0 saturated carbocycles. The number of carboxylic acids is 1. The van der Waals surface area contributed by atoms with E-state index in [1.54, 1.807) is 24.3 Å². The third-order valence-electron chi connectivity index (χ3n) is 2.65. The van der Waals surface area contributed by atoms with E-state index in [9.17, 15) is 4.79 Å². The summed E-state index contributed by atoms with van der Waals surface area (Å²) in [6, 6.07) is 14.1. The van der Waals surface area contributed by atoms with Crippen LogP contribution in [0.2, 0.25) is 0 Å². The Balaban J connectivity index is 1.87. The van der Waals surface area contributed by atoms with Gasteiger partial charge >= 0.3 is 5.97 Å². The zero-order valence-electron chi connectivity index (χ0n) is 10.2. The van der Waals surface area contributed by atoms with Crippen LogP contribution in [0.3, 0.4) is 0 Å². The quantitative estimate of drug-likeness (QED) is 0.796. The molecule has 3 rings (SSSR count). The molecule has 1 aromatic heterocycles. The Morgan fingerprint density at radius 1 is 0.950 bits per heavy atom. The molecule has 0 amide bonds. The highest BCUT2D eigenvalue weighted by Crippen LogP contribution is 2.25. The largest absolute Gasteiger partial charge is 0.478 e. The predicted molar refractivity (Wildman–Crippen MR) is 74.9 cm³/mol. The van der Waals surface area contributed by atoms with Crippen molar-refractivity contribution in [3.05, 3.63) is 54.1 Å². The molecule has 0 aliphatic carbocycles. The summed E-state index contributed by atoms with van der Waals surface area (Å²) < 4.78 is 0. The van der Waals surface area contributed by atoms with Crippen molar-refractivity contribution in [2.75, 3.05) is 0 Å². The van der Waals surface area contributed by atoms with Crippen molar-refractivity contribution in [1.82, 2.24) is 15.2 Å². The van der Waals surface area contributed by atoms with E-state index in [1.165, 1.54) is 11.8 Å². The van der Waals surface area contributed by atoms with E-state index in [0.29, 0.717) is 5.16 Å². The number of benzene rings is 2. The molecule has 0 radical (unpaired) electrons. The number of hydrogen-bond acceptors (Lipinski definition) is 5. The van der Waals surface area contributed by atoms with E-state index in [-0.39, 0.29) is 5.56 Å². The number of hydrogen-bond donors (Lipinski definition) is 1. The number of nitrogens with zero attached hydrogens (tertiary/aromatic N) is 3. The zero-order valence-corrected chi connectivity index (χ0v) is 11.0. The fourth-order valence-corrected chi connectivity index (χ4v) is 2.39. The lowest BCUT2D eigenvalue weighted by molar-refractivity contribution is 0.0697. The molecule has 0 saturated heterocycles. The molecule has 0 bridgehead atoms. The molecular weight excluding hydrogens is 274 g/mol. The molecule has 98 valence electrons. The lowest BCUT2D eigenvalue weighted by Gasteiger charge is -2.01. The number of rotatable bonds is 3. The van der Waals surface area contributed by atoms with E-state index >= 15 is 0 Å². The van der Waals surface area contributed by atoms with Crippen LogP contribution >= 0.6 is 11.8 Å². The fraction of sp³-hybridized carbons (Fsp3) is 0. The van der Waals surface area contributed by atoms with E-state index in [4.69, 9.17) is 5.11 Å². The van der Waals surface area contributed by atoms with Gasteiger partial charge < -0.3 is 5.11 Å². The Kier molecular flexibility index (Phi) is 3.30. The molecule has 0 fully saturated rings. The number of aromatic nitrogens is 3. The Morgan fingerprint density at radius 3 is 2.35 bits per heavy atom. The Labute approximate surface area is 118 Å². The van der Waals surface area contributed by atoms with Gasteiger partial charge in [0.15, 0.2) is 0 Å². The van der Waals surface area contributed by atoms with Crippen LogP contribution in [0, 0.1) is 0 Å². The lowest BCUT2D eigenvalue weighted by Crippen LogP contribution is -1.95. The second-order valence-corrected chi connectivity index (χ2v) is 5.06. The van der Waals surface area contributed by atoms with Crippen LogP contribution in [0.4, 0.5) is 0 Å². The minimum atomic E-state index is -0.940. The summed E-state index contributed by atoms with van der Waals surface area (Å²) in [6.07, 6.45) is 0. The first kappa shape index (κ1) is 12.6. The molecule has 1 heterocycles. The van der Waals surface area contributed by atoms with Gasteiger partial charge in [0.2, 0.25) is 5.16 Å². The van der Waals surface area contributed by atoms with Crippen LogP contribution in [-0.4, -0.2) is 26.3 Å². The number of carboxylic acid groups (broad SMARTS) is 1. The summed E-state index contributed by atoms with van der Waals surface area (Å²) in [6.45, 7) is 0. The highest BCUT2D eigenvalue weighted by molar-refractivity contribution is 7.99. The predicted octanol–water partition coefficient (Wildman–Crippen LogP) is 2.87. The van der Waals surface area contributed by atoms with E-state index in [1.807, 2.05) is 24.3 Å². The maximum Gasteiger partial charge on any atom is 0.335 e. The summed E-state index contributed by atoms with van der Waals surface area (Å²) in [5.74, 6) is -0.940. The maximum absolute atomic E-state index is 10.8. The normalized spacial score (nSPS) is 10.6. The molecule has 0 aliphatic rings. The first-order chi connectivity index (χ1) is 9.72. The van der Waals surface area contributed by atoms with Crippen molar-refractivity contribution in [3.63, 3.8) is 0 Å². The molecule has 3 aromatic rings. The molecule has 1 N–H and O–H groups in total. The van der Waals surface area contributed by atoms with Crippen molar-refractivity contribution in [1.29, 1.82) is 0 Å². The van der Waals surface area contributed by atoms with E-state index < -0.39 is 5.97 Å². The van der Waals surface area contributed by atoms with Gasteiger partial charge in [0.05, 0.1) is 11.1 Å². The number of fused-ring (bicyclic) bond motifs is 1. The standard InChI is InChI=1S/C14H9N3O2S/c18-13(19)9-5-7-10(8-6-9)20-14-15-11-3-1-2-4-12(11)16-17-14/h1-8H,(H,18,19). The number of aromatic carboxylic acids is 1. The molecule has 20 heavy (non-hydrogen) atoms. The maximum atomic E-state index is 10.8. The van der Waals surface area contributed by atoms with Crippen LogP contribution in [0.5, 0.6) is 0 Å². The van der Waals surface area contributed by atoms with E-state index in [0.717, 1.165) is 15.9 Å². The van der Waals surface area contributed by atoms with Crippen LogP contribution < -0.4 is 0 Å². The number of para-hydroxylation sites is 1.